The molecule has 1 aliphatic rings. The molecular weight excluding hydrogens is 224 g/mol. The molecule has 0 spiro atoms. The van der Waals surface area contributed by atoms with Crippen LogP contribution in [0.3, 0.4) is 0 Å². The fourth-order valence-corrected chi connectivity index (χ4v) is 2.74. The molecule has 0 aliphatic carbocycles. The second-order valence-corrected chi connectivity index (χ2v) is 4.79. The third-order valence-electron chi connectivity index (χ3n) is 3.69. The topological polar surface area (TPSA) is 55.0 Å². The van der Waals surface area contributed by atoms with Crippen LogP contribution in [0.15, 0.2) is 30.6 Å². The van der Waals surface area contributed by atoms with Gasteiger partial charge in [-0.2, -0.15) is 0 Å². The molecule has 0 radical (unpaired) electrons. The third kappa shape index (κ3) is 1.93. The molecule has 4 nitrogen and oxygen atoms in total. The number of nitrogens with two attached hydrogens (primary N) is 1. The maximum absolute atomic E-state index is 5.89. The second-order valence-electron chi connectivity index (χ2n) is 4.79. The molecule has 1 aliphatic heterocycles. The Morgan fingerprint density at radius 1 is 1.22 bits per heavy atom. The van der Waals surface area contributed by atoms with Crippen molar-refractivity contribution in [1.82, 2.24) is 9.97 Å². The highest BCUT2D eigenvalue weighted by Gasteiger charge is 2.23. The minimum atomic E-state index is 0.414. The summed E-state index contributed by atoms with van der Waals surface area (Å²) in [6, 6.07) is 8.58. The van der Waals surface area contributed by atoms with Gasteiger partial charge in [0.25, 0.3) is 0 Å². The Hall–Kier alpha value is -1.68. The first-order chi connectivity index (χ1) is 8.90. The summed E-state index contributed by atoms with van der Waals surface area (Å²) in [5.74, 6) is 1.04. The lowest BCUT2D eigenvalue weighted by Gasteiger charge is -2.36. The van der Waals surface area contributed by atoms with Gasteiger partial charge in [0.15, 0.2) is 0 Å². The second kappa shape index (κ2) is 4.90. The van der Waals surface area contributed by atoms with E-state index in [4.69, 9.17) is 5.73 Å². The van der Waals surface area contributed by atoms with Crippen LogP contribution in [0.5, 0.6) is 0 Å². The largest absolute Gasteiger partial charge is 0.352 e. The predicted molar refractivity (Wildman–Crippen MR) is 73.6 cm³/mol. The zero-order chi connectivity index (χ0) is 12.4. The zero-order valence-corrected chi connectivity index (χ0v) is 10.4. The van der Waals surface area contributed by atoms with Crippen LogP contribution in [-0.2, 0) is 0 Å². The lowest BCUT2D eigenvalue weighted by Crippen LogP contribution is -2.44. The molecule has 1 aromatic carbocycles. The number of benzene rings is 1. The summed E-state index contributed by atoms with van der Waals surface area (Å²) in [4.78, 5) is 11.2. The van der Waals surface area contributed by atoms with Gasteiger partial charge < -0.3 is 10.6 Å². The van der Waals surface area contributed by atoms with E-state index in [1.807, 2.05) is 18.2 Å². The van der Waals surface area contributed by atoms with Crippen molar-refractivity contribution in [3.8, 4) is 0 Å². The quantitative estimate of drug-likeness (QED) is 0.874. The summed E-state index contributed by atoms with van der Waals surface area (Å²) in [6.45, 7) is 1.74. The van der Waals surface area contributed by atoms with Gasteiger partial charge in [0.05, 0.1) is 5.52 Å². The number of para-hydroxylation sites is 1. The van der Waals surface area contributed by atoms with Crippen LogP contribution in [0.4, 0.5) is 5.82 Å². The summed E-state index contributed by atoms with van der Waals surface area (Å²) in [7, 11) is 0. The van der Waals surface area contributed by atoms with Crippen LogP contribution in [0, 0.1) is 0 Å². The van der Waals surface area contributed by atoms with Gasteiger partial charge in [0.1, 0.15) is 12.1 Å². The van der Waals surface area contributed by atoms with Crippen LogP contribution in [0.2, 0.25) is 0 Å². The standard InChI is InChI=1S/C14H18N4/c15-9-11-5-3-4-8-18(11)14-12-6-1-2-7-13(12)16-10-17-14/h1-2,6-7,10-11H,3-5,8-9,15H2. The molecule has 1 unspecified atom stereocenters. The summed E-state index contributed by atoms with van der Waals surface area (Å²) >= 11 is 0. The molecule has 1 fully saturated rings. The number of fused-ring (bicyclic) bond motifs is 1. The first kappa shape index (κ1) is 11.4. The Labute approximate surface area is 107 Å². The third-order valence-corrected chi connectivity index (χ3v) is 3.69. The Morgan fingerprint density at radius 3 is 3.00 bits per heavy atom. The fourth-order valence-electron chi connectivity index (χ4n) is 2.74. The molecule has 2 N–H and O–H groups in total. The van der Waals surface area contributed by atoms with Gasteiger partial charge in [-0.05, 0) is 31.4 Å². The molecular formula is C14H18N4. The normalized spacial score (nSPS) is 20.3. The molecule has 2 heterocycles. The van der Waals surface area contributed by atoms with E-state index in [0.29, 0.717) is 12.6 Å². The average molecular weight is 242 g/mol. The number of rotatable bonds is 2. The summed E-state index contributed by atoms with van der Waals surface area (Å²) < 4.78 is 0. The summed E-state index contributed by atoms with van der Waals surface area (Å²) in [5, 5.41) is 1.13. The van der Waals surface area contributed by atoms with Crippen molar-refractivity contribution in [3.05, 3.63) is 30.6 Å². The summed E-state index contributed by atoms with van der Waals surface area (Å²) in [6.07, 6.45) is 5.30. The molecule has 4 heteroatoms. The molecule has 18 heavy (non-hydrogen) atoms. The number of hydrogen-bond acceptors (Lipinski definition) is 4. The lowest BCUT2D eigenvalue weighted by atomic mass is 10.0. The SMILES string of the molecule is NCC1CCCCN1c1ncnc2ccccc12. The highest BCUT2D eigenvalue weighted by atomic mass is 15.2. The fraction of sp³-hybridized carbons (Fsp3) is 0.429. The van der Waals surface area contributed by atoms with E-state index in [9.17, 15) is 0 Å². The molecule has 1 atom stereocenters. The van der Waals surface area contributed by atoms with E-state index in [0.717, 1.165) is 29.7 Å². The number of anilines is 1. The van der Waals surface area contributed by atoms with Crippen LogP contribution in [-0.4, -0.2) is 29.1 Å². The van der Waals surface area contributed by atoms with E-state index >= 15 is 0 Å². The lowest BCUT2D eigenvalue weighted by molar-refractivity contribution is 0.463. The molecule has 2 aromatic rings. The molecule has 1 aromatic heterocycles. The number of nitrogens with zero attached hydrogens (tertiary/aromatic N) is 3. The van der Waals surface area contributed by atoms with E-state index in [1.165, 1.54) is 12.8 Å². The maximum atomic E-state index is 5.89. The average Bonchev–Trinajstić information content (AvgIpc) is 2.46. The number of aromatic nitrogens is 2. The highest BCUT2D eigenvalue weighted by Crippen LogP contribution is 2.28. The Kier molecular flexibility index (Phi) is 3.11. The van der Waals surface area contributed by atoms with E-state index in [2.05, 4.69) is 20.9 Å². The van der Waals surface area contributed by atoms with Crippen molar-refractivity contribution in [1.29, 1.82) is 0 Å². The smallest absolute Gasteiger partial charge is 0.140 e. The molecule has 3 rings (SSSR count). The van der Waals surface area contributed by atoms with Crippen LogP contribution in [0.25, 0.3) is 10.9 Å². The molecule has 1 saturated heterocycles. The van der Waals surface area contributed by atoms with Crippen LogP contribution < -0.4 is 10.6 Å². The monoisotopic (exact) mass is 242 g/mol. The van der Waals surface area contributed by atoms with Crippen molar-refractivity contribution in [2.45, 2.75) is 25.3 Å². The molecule has 0 amide bonds. The van der Waals surface area contributed by atoms with Gasteiger partial charge in [-0.15, -0.1) is 0 Å². The predicted octanol–water partition coefficient (Wildman–Crippen LogP) is 1.95. The van der Waals surface area contributed by atoms with Crippen molar-refractivity contribution >= 4 is 16.7 Å². The molecule has 0 saturated carbocycles. The minimum Gasteiger partial charge on any atom is -0.352 e. The maximum Gasteiger partial charge on any atom is 0.140 e. The van der Waals surface area contributed by atoms with Crippen LogP contribution in [0.1, 0.15) is 19.3 Å². The van der Waals surface area contributed by atoms with Gasteiger partial charge in [0, 0.05) is 24.5 Å². The Morgan fingerprint density at radius 2 is 2.11 bits per heavy atom. The number of hydrogen-bond donors (Lipinski definition) is 1. The van der Waals surface area contributed by atoms with Crippen molar-refractivity contribution < 1.29 is 0 Å². The Balaban J connectivity index is 2.07. The van der Waals surface area contributed by atoms with Crippen LogP contribution >= 0.6 is 0 Å². The van der Waals surface area contributed by atoms with Crippen molar-refractivity contribution in [2.75, 3.05) is 18.0 Å². The first-order valence-electron chi connectivity index (χ1n) is 6.56. The zero-order valence-electron chi connectivity index (χ0n) is 10.4. The number of piperidine rings is 1. The van der Waals surface area contributed by atoms with E-state index in [-0.39, 0.29) is 0 Å². The van der Waals surface area contributed by atoms with Gasteiger partial charge in [0.2, 0.25) is 0 Å². The van der Waals surface area contributed by atoms with Gasteiger partial charge in [-0.1, -0.05) is 12.1 Å². The first-order valence-corrected chi connectivity index (χ1v) is 6.56. The van der Waals surface area contributed by atoms with Gasteiger partial charge in [-0.3, -0.25) is 0 Å². The molecule has 94 valence electrons. The van der Waals surface area contributed by atoms with Gasteiger partial charge in [-0.25, -0.2) is 9.97 Å². The summed E-state index contributed by atoms with van der Waals surface area (Å²) in [5.41, 5.74) is 6.89. The van der Waals surface area contributed by atoms with E-state index in [1.54, 1.807) is 6.33 Å². The van der Waals surface area contributed by atoms with E-state index < -0.39 is 0 Å². The van der Waals surface area contributed by atoms with Crippen molar-refractivity contribution in [2.24, 2.45) is 5.73 Å². The highest BCUT2D eigenvalue weighted by molar-refractivity contribution is 5.89. The minimum absolute atomic E-state index is 0.414. The Bertz CT molecular complexity index is 535. The molecule has 0 bridgehead atoms. The van der Waals surface area contributed by atoms with Crippen molar-refractivity contribution in [3.63, 3.8) is 0 Å². The van der Waals surface area contributed by atoms with Gasteiger partial charge >= 0.3 is 0 Å².